The summed E-state index contributed by atoms with van der Waals surface area (Å²) in [6, 6.07) is 8.36. The Morgan fingerprint density at radius 1 is 0.830 bits per heavy atom. The summed E-state index contributed by atoms with van der Waals surface area (Å²) in [6.07, 6.45) is 2.36. The lowest BCUT2D eigenvalue weighted by molar-refractivity contribution is -0.609. The van der Waals surface area contributed by atoms with E-state index in [-0.39, 0.29) is 87.9 Å². The zero-order chi connectivity index (χ0) is 38.6. The van der Waals surface area contributed by atoms with Crippen molar-refractivity contribution in [2.45, 2.75) is 39.8 Å². The molecule has 0 spiro atoms. The first-order chi connectivity index (χ1) is 25.2. The third kappa shape index (κ3) is 8.26. The van der Waals surface area contributed by atoms with E-state index in [1.807, 2.05) is 0 Å². The number of rotatable bonds is 8. The number of esters is 2. The van der Waals surface area contributed by atoms with E-state index in [1.165, 1.54) is 40.1 Å². The monoisotopic (exact) mass is 772 g/mol. The largest absolute Gasteiger partial charge is 0.618 e. The molecule has 4 heterocycles. The van der Waals surface area contributed by atoms with E-state index in [1.54, 1.807) is 19.9 Å². The molecule has 0 aliphatic carbocycles. The number of aromatic hydroxyl groups is 2. The van der Waals surface area contributed by atoms with Crippen LogP contribution in [0.15, 0.2) is 48.8 Å². The van der Waals surface area contributed by atoms with Gasteiger partial charge < -0.3 is 34.7 Å². The minimum atomic E-state index is -0.852. The highest BCUT2D eigenvalue weighted by atomic mass is 35.5. The number of halogens is 4. The van der Waals surface area contributed by atoms with Crippen LogP contribution < -0.4 is 4.73 Å². The van der Waals surface area contributed by atoms with Crippen molar-refractivity contribution in [3.63, 3.8) is 0 Å². The Labute approximate surface area is 311 Å². The number of amides is 2. The molecule has 53 heavy (non-hydrogen) atoms. The molecule has 13 nitrogen and oxygen atoms in total. The van der Waals surface area contributed by atoms with E-state index in [0.717, 1.165) is 12.4 Å². The second-order valence-corrected chi connectivity index (χ2v) is 12.6. The van der Waals surface area contributed by atoms with Gasteiger partial charge in [0, 0.05) is 31.7 Å². The van der Waals surface area contributed by atoms with E-state index in [4.69, 9.17) is 32.7 Å². The van der Waals surface area contributed by atoms with Gasteiger partial charge in [-0.3, -0.25) is 9.59 Å². The maximum absolute atomic E-state index is 13.3. The molecule has 2 amide bonds. The summed E-state index contributed by atoms with van der Waals surface area (Å²) >= 11 is 11.6. The molecule has 0 fully saturated rings. The summed E-state index contributed by atoms with van der Waals surface area (Å²) in [6.45, 7) is 4.39. The van der Waals surface area contributed by atoms with Gasteiger partial charge in [0.05, 0.1) is 46.1 Å². The Morgan fingerprint density at radius 3 is 1.83 bits per heavy atom. The highest BCUT2D eigenvalue weighted by Crippen LogP contribution is 2.31. The highest BCUT2D eigenvalue weighted by Gasteiger charge is 2.37. The fourth-order valence-corrected chi connectivity index (χ4v) is 6.38. The van der Waals surface area contributed by atoms with Crippen LogP contribution in [0.4, 0.5) is 8.78 Å². The molecule has 2 aliphatic heterocycles. The van der Waals surface area contributed by atoms with Crippen LogP contribution in [0.1, 0.15) is 77.8 Å². The van der Waals surface area contributed by atoms with Gasteiger partial charge in [0.2, 0.25) is 6.20 Å². The standard InChI is InChI=1S/C18H16ClFN2O5.C18H16ClFN2O4/c1-2-27-18(25)16-11-5-6-21(8-10-3-4-13(20)12(19)7-10)17(24)15(11)14(23)9-22(16)26;1-2-26-18(25)16-11-5-6-22(17(24)15(11)14(23)8-21-16)9-10-3-4-13(20)12(19)7-10/h3-4,7,9,23H,2,5-6,8H2,1H3;3-4,7-8,23H,2,5-6,9H2,1H3. The number of aromatic nitrogens is 2. The molecule has 0 saturated carbocycles. The quantitative estimate of drug-likeness (QED) is 0.139. The number of carbonyl (C=O) groups excluding carboxylic acids is 4. The van der Waals surface area contributed by atoms with E-state index < -0.39 is 41.1 Å². The van der Waals surface area contributed by atoms with Crippen molar-refractivity contribution in [2.75, 3.05) is 26.3 Å². The number of ether oxygens (including phenoxy) is 2. The highest BCUT2D eigenvalue weighted by molar-refractivity contribution is 6.31. The molecule has 2 N–H and O–H groups in total. The minimum Gasteiger partial charge on any atom is -0.618 e. The minimum absolute atomic E-state index is 0.0241. The SMILES string of the molecule is CCOC(=O)c1c2c(c(O)c[n+]1[O-])C(=O)N(Cc1ccc(F)c(Cl)c1)CC2.CCOC(=O)c1ncc(O)c2c1CCN(Cc1ccc(F)c(Cl)c1)C2=O. The molecule has 0 atom stereocenters. The second-order valence-electron chi connectivity index (χ2n) is 11.8. The lowest BCUT2D eigenvalue weighted by atomic mass is 9.96. The summed E-state index contributed by atoms with van der Waals surface area (Å²) < 4.78 is 36.6. The molecule has 0 bridgehead atoms. The zero-order valence-corrected chi connectivity index (χ0v) is 29.8. The van der Waals surface area contributed by atoms with Crippen LogP contribution in [0.25, 0.3) is 0 Å². The van der Waals surface area contributed by atoms with Crippen molar-refractivity contribution in [1.82, 2.24) is 14.8 Å². The van der Waals surface area contributed by atoms with Crippen molar-refractivity contribution in [1.29, 1.82) is 0 Å². The Bertz CT molecular complexity index is 2120. The molecule has 0 saturated heterocycles. The van der Waals surface area contributed by atoms with Gasteiger partial charge in [-0.05, 0) is 62.1 Å². The average molecular weight is 774 g/mol. The molecule has 278 valence electrons. The maximum Gasteiger partial charge on any atom is 0.405 e. The number of benzene rings is 2. The number of hydrogen-bond donors (Lipinski definition) is 2. The topological polar surface area (TPSA) is 174 Å². The van der Waals surface area contributed by atoms with Crippen molar-refractivity contribution >= 4 is 47.0 Å². The fourth-order valence-electron chi connectivity index (χ4n) is 5.97. The molecule has 4 aromatic rings. The predicted molar refractivity (Wildman–Crippen MR) is 185 cm³/mol. The van der Waals surface area contributed by atoms with E-state index in [9.17, 15) is 43.4 Å². The molecular formula is C36H32Cl2F2N4O9. The van der Waals surface area contributed by atoms with Gasteiger partial charge in [0.25, 0.3) is 11.8 Å². The summed E-state index contributed by atoms with van der Waals surface area (Å²) in [7, 11) is 0. The van der Waals surface area contributed by atoms with Crippen LogP contribution in [0, 0.1) is 16.8 Å². The summed E-state index contributed by atoms with van der Waals surface area (Å²) in [5, 5.41) is 32.2. The Balaban J connectivity index is 0.000000204. The first-order valence-electron chi connectivity index (χ1n) is 16.2. The van der Waals surface area contributed by atoms with Gasteiger partial charge in [-0.1, -0.05) is 35.3 Å². The average Bonchev–Trinajstić information content (AvgIpc) is 3.10. The molecular weight excluding hydrogens is 741 g/mol. The van der Waals surface area contributed by atoms with Gasteiger partial charge in [-0.2, -0.15) is 4.73 Å². The van der Waals surface area contributed by atoms with Crippen molar-refractivity contribution < 1.29 is 52.4 Å². The van der Waals surface area contributed by atoms with Gasteiger partial charge in [-0.15, -0.1) is 0 Å². The van der Waals surface area contributed by atoms with Gasteiger partial charge in [0.15, 0.2) is 11.4 Å². The Kier molecular flexibility index (Phi) is 12.0. The first-order valence-corrected chi connectivity index (χ1v) is 17.0. The van der Waals surface area contributed by atoms with E-state index in [2.05, 4.69) is 4.98 Å². The molecule has 6 rings (SSSR count). The van der Waals surface area contributed by atoms with E-state index in [0.29, 0.717) is 29.7 Å². The van der Waals surface area contributed by atoms with E-state index >= 15 is 0 Å². The maximum atomic E-state index is 13.3. The second kappa shape index (κ2) is 16.4. The summed E-state index contributed by atoms with van der Waals surface area (Å²) in [5.74, 6) is -4.36. The Hall–Kier alpha value is -5.54. The molecule has 2 aromatic carbocycles. The number of carbonyl (C=O) groups is 4. The van der Waals surface area contributed by atoms with Crippen LogP contribution >= 0.6 is 23.2 Å². The van der Waals surface area contributed by atoms with Gasteiger partial charge in [-0.25, -0.2) is 23.4 Å². The van der Waals surface area contributed by atoms with Crippen LogP contribution in [0.3, 0.4) is 0 Å². The van der Waals surface area contributed by atoms with Crippen molar-refractivity contribution in [3.05, 3.63) is 120 Å². The van der Waals surface area contributed by atoms with Crippen molar-refractivity contribution in [3.8, 4) is 11.5 Å². The first kappa shape index (κ1) is 38.7. The molecule has 0 radical (unpaired) electrons. The number of fused-ring (bicyclic) bond motifs is 2. The number of hydrogen-bond acceptors (Lipinski definition) is 10. The van der Waals surface area contributed by atoms with Crippen LogP contribution in [-0.4, -0.2) is 75.1 Å². The third-order valence-electron chi connectivity index (χ3n) is 8.38. The zero-order valence-electron chi connectivity index (χ0n) is 28.3. The van der Waals surface area contributed by atoms with Gasteiger partial charge in [0.1, 0.15) is 17.4 Å². The Morgan fingerprint density at radius 2 is 1.32 bits per heavy atom. The fraction of sp³-hybridized carbons (Fsp3) is 0.278. The smallest absolute Gasteiger partial charge is 0.405 e. The molecule has 2 aliphatic rings. The summed E-state index contributed by atoms with van der Waals surface area (Å²) in [5.41, 5.74) is 1.47. The van der Waals surface area contributed by atoms with Crippen LogP contribution in [0.5, 0.6) is 11.5 Å². The van der Waals surface area contributed by atoms with Crippen LogP contribution in [-0.2, 0) is 35.4 Å². The lowest BCUT2D eigenvalue weighted by Gasteiger charge is -2.29. The van der Waals surface area contributed by atoms with Crippen molar-refractivity contribution in [2.24, 2.45) is 0 Å². The number of nitrogens with zero attached hydrogens (tertiary/aromatic N) is 4. The normalized spacial score (nSPS) is 13.5. The molecule has 2 aromatic heterocycles. The molecule has 17 heteroatoms. The molecule has 0 unspecified atom stereocenters. The lowest BCUT2D eigenvalue weighted by Crippen LogP contribution is -2.43. The number of pyridine rings is 2. The summed E-state index contributed by atoms with van der Waals surface area (Å²) in [4.78, 5) is 56.6. The van der Waals surface area contributed by atoms with Crippen LogP contribution in [0.2, 0.25) is 10.0 Å². The predicted octanol–water partition coefficient (Wildman–Crippen LogP) is 5.15. The van der Waals surface area contributed by atoms with Gasteiger partial charge >= 0.3 is 17.6 Å². The third-order valence-corrected chi connectivity index (χ3v) is 8.96.